The number of amides is 1. The van der Waals surface area contributed by atoms with Crippen molar-refractivity contribution < 1.29 is 19.4 Å². The smallest absolute Gasteiger partial charge is 0.313 e. The third-order valence-electron chi connectivity index (χ3n) is 4.81. The number of rotatable bonds is 7. The van der Waals surface area contributed by atoms with Gasteiger partial charge in [0, 0.05) is 30.6 Å². The second-order valence-corrected chi connectivity index (χ2v) is 7.28. The van der Waals surface area contributed by atoms with Gasteiger partial charge in [0.2, 0.25) is 5.91 Å². The van der Waals surface area contributed by atoms with Gasteiger partial charge in [0.15, 0.2) is 0 Å². The van der Waals surface area contributed by atoms with E-state index in [4.69, 9.17) is 4.74 Å². The van der Waals surface area contributed by atoms with E-state index in [1.54, 1.807) is 4.90 Å². The van der Waals surface area contributed by atoms with Crippen LogP contribution < -0.4 is 0 Å². The highest BCUT2D eigenvalue weighted by Gasteiger charge is 2.47. The number of likely N-dealkylation sites (tertiary alicyclic amines) is 1. The number of nitrogens with zero attached hydrogens (tertiary/aromatic N) is 1. The Morgan fingerprint density at radius 2 is 2.12 bits per heavy atom. The maximum Gasteiger partial charge on any atom is 0.313 e. The number of benzene rings is 1. The fourth-order valence-electron chi connectivity index (χ4n) is 3.28. The highest BCUT2D eigenvalue weighted by molar-refractivity contribution is 9.10. The van der Waals surface area contributed by atoms with E-state index in [1.165, 1.54) is 7.11 Å². The summed E-state index contributed by atoms with van der Waals surface area (Å²) < 4.78 is 6.09. The normalized spacial score (nSPS) is 21.7. The van der Waals surface area contributed by atoms with Gasteiger partial charge in [-0.15, -0.1) is 0 Å². The lowest BCUT2D eigenvalue weighted by molar-refractivity contribution is -0.151. The second-order valence-electron chi connectivity index (χ2n) is 6.43. The highest BCUT2D eigenvalue weighted by atomic mass is 79.9. The molecule has 0 radical (unpaired) electrons. The fraction of sp³-hybridized carbons (Fsp3) is 0.556. The van der Waals surface area contributed by atoms with Crippen molar-refractivity contribution in [2.75, 3.05) is 26.8 Å². The lowest BCUT2D eigenvalue weighted by Gasteiger charge is -2.26. The van der Waals surface area contributed by atoms with Gasteiger partial charge in [-0.25, -0.2) is 0 Å². The highest BCUT2D eigenvalue weighted by Crippen LogP contribution is 2.33. The molecule has 1 N–H and O–H groups in total. The number of hydrogen-bond acceptors (Lipinski definition) is 3. The molecule has 2 unspecified atom stereocenters. The lowest BCUT2D eigenvalue weighted by Crippen LogP contribution is -2.42. The largest absolute Gasteiger partial charge is 0.481 e. The number of carboxylic acid groups (broad SMARTS) is 1. The van der Waals surface area contributed by atoms with Gasteiger partial charge in [0.1, 0.15) is 5.41 Å². The van der Waals surface area contributed by atoms with Gasteiger partial charge in [-0.2, -0.15) is 0 Å². The molecule has 0 aliphatic carbocycles. The summed E-state index contributed by atoms with van der Waals surface area (Å²) in [6.45, 7) is 2.82. The molecule has 1 saturated heterocycles. The van der Waals surface area contributed by atoms with Crippen molar-refractivity contribution in [3.63, 3.8) is 0 Å². The number of carbonyl (C=O) groups is 2. The van der Waals surface area contributed by atoms with Gasteiger partial charge in [-0.05, 0) is 30.9 Å². The Labute approximate surface area is 151 Å². The van der Waals surface area contributed by atoms with Crippen molar-refractivity contribution in [3.8, 4) is 0 Å². The molecule has 2 rings (SSSR count). The van der Waals surface area contributed by atoms with Crippen LogP contribution in [0.3, 0.4) is 0 Å². The monoisotopic (exact) mass is 397 g/mol. The minimum Gasteiger partial charge on any atom is -0.481 e. The van der Waals surface area contributed by atoms with Crippen LogP contribution in [0.1, 0.15) is 25.3 Å². The predicted octanol–water partition coefficient (Wildman–Crippen LogP) is 2.97. The number of halogens is 1. The summed E-state index contributed by atoms with van der Waals surface area (Å²) in [5, 5.41) is 9.54. The molecule has 1 aliphatic rings. The predicted molar refractivity (Wildman–Crippen MR) is 94.8 cm³/mol. The number of carboxylic acids is 1. The molecule has 6 heteroatoms. The molecule has 24 heavy (non-hydrogen) atoms. The van der Waals surface area contributed by atoms with Crippen LogP contribution in [-0.4, -0.2) is 48.7 Å². The number of carbonyl (C=O) groups excluding carboxylic acids is 1. The summed E-state index contributed by atoms with van der Waals surface area (Å²) in [6.07, 6.45) is 1.81. The summed E-state index contributed by atoms with van der Waals surface area (Å²) in [6, 6.07) is 7.89. The van der Waals surface area contributed by atoms with Crippen molar-refractivity contribution >= 4 is 27.8 Å². The molecule has 0 bridgehead atoms. The Morgan fingerprint density at radius 1 is 1.42 bits per heavy atom. The van der Waals surface area contributed by atoms with Crippen LogP contribution in [0.2, 0.25) is 0 Å². The fourth-order valence-corrected chi connectivity index (χ4v) is 3.73. The first-order valence-corrected chi connectivity index (χ1v) is 8.97. The summed E-state index contributed by atoms with van der Waals surface area (Å²) in [4.78, 5) is 26.2. The van der Waals surface area contributed by atoms with Gasteiger partial charge < -0.3 is 14.7 Å². The van der Waals surface area contributed by atoms with E-state index in [9.17, 15) is 14.7 Å². The molecule has 1 heterocycles. The van der Waals surface area contributed by atoms with Gasteiger partial charge in [0.05, 0.1) is 6.61 Å². The number of methoxy groups -OCH3 is 1. The zero-order valence-electron chi connectivity index (χ0n) is 14.1. The Hall–Kier alpha value is -1.40. The molecule has 5 nitrogen and oxygen atoms in total. The van der Waals surface area contributed by atoms with Crippen LogP contribution in [0.4, 0.5) is 0 Å². The van der Waals surface area contributed by atoms with E-state index in [-0.39, 0.29) is 25.0 Å². The molecular formula is C18H24BrNO4. The molecule has 0 aromatic heterocycles. The number of hydrogen-bond donors (Lipinski definition) is 1. The Morgan fingerprint density at radius 3 is 2.71 bits per heavy atom. The quantitative estimate of drug-likeness (QED) is 0.767. The Kier molecular flexibility index (Phi) is 6.40. The van der Waals surface area contributed by atoms with Crippen LogP contribution >= 0.6 is 15.9 Å². The van der Waals surface area contributed by atoms with Gasteiger partial charge in [0.25, 0.3) is 0 Å². The van der Waals surface area contributed by atoms with E-state index >= 15 is 0 Å². The molecule has 0 spiro atoms. The van der Waals surface area contributed by atoms with Crippen molar-refractivity contribution in [2.45, 2.75) is 26.2 Å². The lowest BCUT2D eigenvalue weighted by atomic mass is 9.88. The molecular weight excluding hydrogens is 374 g/mol. The first-order valence-electron chi connectivity index (χ1n) is 8.18. The first kappa shape index (κ1) is 18.9. The van der Waals surface area contributed by atoms with Crippen molar-refractivity contribution in [2.24, 2.45) is 11.3 Å². The maximum atomic E-state index is 12.9. The van der Waals surface area contributed by atoms with E-state index < -0.39 is 11.4 Å². The van der Waals surface area contributed by atoms with Gasteiger partial charge in [-0.3, -0.25) is 9.59 Å². The van der Waals surface area contributed by atoms with Crippen LogP contribution in [0.15, 0.2) is 28.7 Å². The molecule has 132 valence electrons. The number of aliphatic carboxylic acids is 1. The molecule has 2 atom stereocenters. The van der Waals surface area contributed by atoms with Crippen LogP contribution in [-0.2, 0) is 20.7 Å². The summed E-state index contributed by atoms with van der Waals surface area (Å²) in [7, 11) is 1.50. The molecule has 1 aromatic carbocycles. The third kappa shape index (κ3) is 3.98. The third-order valence-corrected chi connectivity index (χ3v) is 5.58. The minimum absolute atomic E-state index is 0.0347. The first-order chi connectivity index (χ1) is 11.4. The molecule has 1 aliphatic heterocycles. The summed E-state index contributed by atoms with van der Waals surface area (Å²) >= 11 is 3.53. The standard InChI is InChI=1S/C18H24BrNO4/c1-3-13(10-14-6-4-5-7-15(14)19)16(21)20-9-8-18(11-20,12-24-2)17(22)23/h4-7,13H,3,8-12H2,1-2H3,(H,22,23). The van der Waals surface area contributed by atoms with E-state index in [1.807, 2.05) is 31.2 Å². The topological polar surface area (TPSA) is 66.8 Å². The SMILES string of the molecule is CCC(Cc1ccccc1Br)C(=O)N1CCC(COC)(C(=O)O)C1. The van der Waals surface area contributed by atoms with Gasteiger partial charge >= 0.3 is 5.97 Å². The van der Waals surface area contributed by atoms with E-state index in [2.05, 4.69) is 15.9 Å². The second kappa shape index (κ2) is 8.12. The molecule has 1 amide bonds. The van der Waals surface area contributed by atoms with Crippen LogP contribution in [0.5, 0.6) is 0 Å². The summed E-state index contributed by atoms with van der Waals surface area (Å²) in [5.41, 5.74) is 0.119. The maximum absolute atomic E-state index is 12.9. The minimum atomic E-state index is -0.976. The van der Waals surface area contributed by atoms with Crippen molar-refractivity contribution in [1.82, 2.24) is 4.90 Å². The van der Waals surface area contributed by atoms with Crippen LogP contribution in [0, 0.1) is 11.3 Å². The average Bonchev–Trinajstić information content (AvgIpc) is 2.99. The molecule has 1 fully saturated rings. The van der Waals surface area contributed by atoms with Gasteiger partial charge in [-0.1, -0.05) is 41.1 Å². The van der Waals surface area contributed by atoms with E-state index in [0.29, 0.717) is 19.4 Å². The van der Waals surface area contributed by atoms with Crippen molar-refractivity contribution in [3.05, 3.63) is 34.3 Å². The van der Waals surface area contributed by atoms with E-state index in [0.717, 1.165) is 16.5 Å². The van der Waals surface area contributed by atoms with Crippen molar-refractivity contribution in [1.29, 1.82) is 0 Å². The zero-order valence-corrected chi connectivity index (χ0v) is 15.7. The molecule has 0 saturated carbocycles. The average molecular weight is 398 g/mol. The van der Waals surface area contributed by atoms with Crippen LogP contribution in [0.25, 0.3) is 0 Å². The zero-order chi connectivity index (χ0) is 17.7. The summed E-state index contributed by atoms with van der Waals surface area (Å²) in [5.74, 6) is -0.998. The number of ether oxygens (including phenoxy) is 1. The Bertz CT molecular complexity index is 606. The molecule has 1 aromatic rings. The Balaban J connectivity index is 2.09.